The lowest BCUT2D eigenvalue weighted by Gasteiger charge is -2.73. The molecule has 0 bridgehead atoms. The minimum atomic E-state index is -0.812. The van der Waals surface area contributed by atoms with E-state index in [-0.39, 0.29) is 50.6 Å². The Morgan fingerprint density at radius 2 is 1.47 bits per heavy atom. The first-order chi connectivity index (χ1) is 27.5. The van der Waals surface area contributed by atoms with Crippen molar-refractivity contribution in [2.45, 2.75) is 177 Å². The van der Waals surface area contributed by atoms with Gasteiger partial charge in [0.2, 0.25) is 5.91 Å². The van der Waals surface area contributed by atoms with E-state index in [0.717, 1.165) is 77.4 Å². The predicted molar refractivity (Wildman–Crippen MR) is 231 cm³/mol. The van der Waals surface area contributed by atoms with Crippen LogP contribution in [0.2, 0.25) is 0 Å². The average molecular weight is 825 g/mol. The number of fused-ring (bicyclic) bond motifs is 7. The van der Waals surface area contributed by atoms with Crippen LogP contribution in [-0.2, 0) is 28.6 Å². The van der Waals surface area contributed by atoms with Crippen LogP contribution >= 0.6 is 0 Å². The molecule has 7 fully saturated rings. The highest BCUT2D eigenvalue weighted by Gasteiger charge is 2.72. The highest BCUT2D eigenvalue weighted by Crippen LogP contribution is 2.77. The second kappa shape index (κ2) is 15.8. The third kappa shape index (κ3) is 7.35. The first-order valence-electron chi connectivity index (χ1n) is 24.1. The number of ether oxygens (including phenoxy) is 3. The minimum absolute atomic E-state index is 0.144. The lowest BCUT2D eigenvalue weighted by Crippen LogP contribution is -2.68. The number of nitrogens with one attached hydrogen (secondary N) is 1. The summed E-state index contributed by atoms with van der Waals surface area (Å²) in [7, 11) is 1.72. The fourth-order valence-electron chi connectivity index (χ4n) is 16.5. The summed E-state index contributed by atoms with van der Waals surface area (Å²) in [6.45, 7) is 29.9. The molecule has 336 valence electrons. The Morgan fingerprint density at radius 3 is 2.10 bits per heavy atom. The molecule has 0 aromatic carbocycles. The van der Waals surface area contributed by atoms with Gasteiger partial charge in [0.1, 0.15) is 6.10 Å². The maximum absolute atomic E-state index is 15.1. The average Bonchev–Trinajstić information content (AvgIpc) is 3.55. The number of nitrogens with zero attached hydrogens (tertiary/aromatic N) is 1. The van der Waals surface area contributed by atoms with Gasteiger partial charge >= 0.3 is 11.9 Å². The van der Waals surface area contributed by atoms with Crippen LogP contribution in [0.5, 0.6) is 0 Å². The summed E-state index contributed by atoms with van der Waals surface area (Å²) < 4.78 is 17.7. The largest absolute Gasteiger partial charge is 0.481 e. The summed E-state index contributed by atoms with van der Waals surface area (Å²) in [5.41, 5.74) is -0.897. The molecule has 6 aliphatic carbocycles. The second-order valence-electron chi connectivity index (χ2n) is 24.3. The van der Waals surface area contributed by atoms with Crippen molar-refractivity contribution in [1.82, 2.24) is 10.2 Å². The van der Waals surface area contributed by atoms with Crippen molar-refractivity contribution in [3.63, 3.8) is 0 Å². The van der Waals surface area contributed by atoms with E-state index in [1.165, 1.54) is 19.3 Å². The second-order valence-corrected chi connectivity index (χ2v) is 24.3. The molecule has 59 heavy (non-hydrogen) atoms. The molecule has 0 spiro atoms. The molecule has 1 heterocycles. The molecule has 0 unspecified atom stereocenters. The maximum Gasteiger partial charge on any atom is 0.309 e. The molecule has 9 heteroatoms. The van der Waals surface area contributed by atoms with Gasteiger partial charge in [0.15, 0.2) is 0 Å². The normalized spacial score (nSPS) is 43.1. The van der Waals surface area contributed by atoms with E-state index < -0.39 is 17.3 Å². The van der Waals surface area contributed by atoms with Crippen LogP contribution in [0.1, 0.15) is 160 Å². The standard InChI is InChI=1S/C50H84N2O7/c1-31(2)33-15-22-50(43(56)51-44(3,4)30-52-25-18-32(19-26-52)58-28-27-57-12)24-23-48(10)34(40(33)50)13-14-38-47(9)20-17-39(46(7,8)37(47)16-21-49(38,48)11)59-42(55)36-29-35(41(53)54)45(36,5)6/h31-40H,13-30H2,1-12H3,(H,51,56)(H,53,54)/t33-,34+,35-,36+,37-,38+,39-,40+,47-,48+,49+,50-/m0/s1. The predicted octanol–water partition coefficient (Wildman–Crippen LogP) is 9.40. The Kier molecular flexibility index (Phi) is 12.2. The van der Waals surface area contributed by atoms with Gasteiger partial charge in [-0.1, -0.05) is 62.3 Å². The topological polar surface area (TPSA) is 114 Å². The number of piperidine rings is 1. The van der Waals surface area contributed by atoms with Gasteiger partial charge in [0.05, 0.1) is 36.6 Å². The van der Waals surface area contributed by atoms with Gasteiger partial charge in [0.25, 0.3) is 0 Å². The van der Waals surface area contributed by atoms with Crippen molar-refractivity contribution in [2.75, 3.05) is 40.0 Å². The lowest BCUT2D eigenvalue weighted by atomic mass is 9.32. The molecule has 1 saturated heterocycles. The molecule has 1 amide bonds. The third-order valence-corrected chi connectivity index (χ3v) is 20.1. The van der Waals surface area contributed by atoms with E-state index >= 15 is 4.79 Å². The molecule has 0 aromatic heterocycles. The van der Waals surface area contributed by atoms with Gasteiger partial charge < -0.3 is 29.5 Å². The van der Waals surface area contributed by atoms with Crippen molar-refractivity contribution in [1.29, 1.82) is 0 Å². The number of esters is 1. The molecule has 7 aliphatic rings. The smallest absolute Gasteiger partial charge is 0.309 e. The number of carbonyl (C=O) groups is 3. The lowest BCUT2D eigenvalue weighted by molar-refractivity contribution is -0.252. The van der Waals surface area contributed by atoms with Gasteiger partial charge in [-0.3, -0.25) is 14.4 Å². The fourth-order valence-corrected chi connectivity index (χ4v) is 16.5. The van der Waals surface area contributed by atoms with Gasteiger partial charge in [-0.15, -0.1) is 0 Å². The number of hydrogen-bond acceptors (Lipinski definition) is 7. The van der Waals surface area contributed by atoms with E-state index in [2.05, 4.69) is 72.5 Å². The molecule has 0 aromatic rings. The van der Waals surface area contributed by atoms with Crippen LogP contribution in [0, 0.1) is 79.8 Å². The fraction of sp³-hybridized carbons (Fsp3) is 0.940. The molecule has 9 nitrogen and oxygen atoms in total. The number of carbonyl (C=O) groups excluding carboxylic acids is 2. The molecule has 7 rings (SSSR count). The molecule has 0 radical (unpaired) electrons. The number of rotatable bonds is 12. The zero-order chi connectivity index (χ0) is 43.1. The Morgan fingerprint density at radius 1 is 0.780 bits per heavy atom. The van der Waals surface area contributed by atoms with E-state index in [0.29, 0.717) is 67.2 Å². The first-order valence-corrected chi connectivity index (χ1v) is 24.1. The van der Waals surface area contributed by atoms with Crippen LogP contribution < -0.4 is 5.32 Å². The van der Waals surface area contributed by atoms with Gasteiger partial charge in [-0.2, -0.15) is 0 Å². The van der Waals surface area contributed by atoms with Crippen molar-refractivity contribution in [3.8, 4) is 0 Å². The van der Waals surface area contributed by atoms with E-state index in [9.17, 15) is 14.7 Å². The van der Waals surface area contributed by atoms with Crippen molar-refractivity contribution < 1.29 is 33.7 Å². The summed E-state index contributed by atoms with van der Waals surface area (Å²) >= 11 is 0. The summed E-state index contributed by atoms with van der Waals surface area (Å²) in [5, 5.41) is 13.4. The maximum atomic E-state index is 15.1. The SMILES string of the molecule is COCCOC1CCN(CC(C)(C)NC(=O)[C@]23CC[C@@H](C(C)C)[C@@H]2[C@H]2CC[C@@H]4[C@@]5(C)CC[C@H](OC(=O)[C@H]6C[C@@H](C(=O)O)C6(C)C)C(C)(C)[C@@H]5CC[C@@]4(C)[C@]2(C)CC3)CC1. The number of aliphatic carboxylic acids is 1. The molecule has 6 saturated carbocycles. The number of carboxylic acids is 1. The summed E-state index contributed by atoms with van der Waals surface area (Å²) in [6.07, 6.45) is 13.5. The van der Waals surface area contributed by atoms with Gasteiger partial charge in [-0.25, -0.2) is 0 Å². The van der Waals surface area contributed by atoms with Crippen molar-refractivity contribution in [2.24, 2.45) is 79.8 Å². The van der Waals surface area contributed by atoms with Crippen LogP contribution in [0.25, 0.3) is 0 Å². The minimum Gasteiger partial charge on any atom is -0.481 e. The van der Waals surface area contributed by atoms with Crippen LogP contribution in [0.4, 0.5) is 0 Å². The quantitative estimate of drug-likeness (QED) is 0.148. The van der Waals surface area contributed by atoms with E-state index in [1.54, 1.807) is 7.11 Å². The molecule has 12 atom stereocenters. The van der Waals surface area contributed by atoms with Crippen LogP contribution in [-0.4, -0.2) is 85.6 Å². The number of methoxy groups -OCH3 is 1. The number of amides is 1. The Labute approximate surface area is 358 Å². The summed E-state index contributed by atoms with van der Waals surface area (Å²) in [4.78, 5) is 43.1. The van der Waals surface area contributed by atoms with Crippen molar-refractivity contribution >= 4 is 17.8 Å². The first kappa shape index (κ1) is 45.3. The van der Waals surface area contributed by atoms with Gasteiger partial charge in [-0.05, 0) is 154 Å². The zero-order valence-electron chi connectivity index (χ0n) is 39.3. The highest BCUT2D eigenvalue weighted by atomic mass is 16.5. The number of hydrogen-bond donors (Lipinski definition) is 2. The summed E-state index contributed by atoms with van der Waals surface area (Å²) in [5.74, 6) is 1.56. The van der Waals surface area contributed by atoms with Gasteiger partial charge in [0, 0.05) is 37.7 Å². The number of likely N-dealkylation sites (tertiary alicyclic amines) is 1. The molecular formula is C50H84N2O7. The highest BCUT2D eigenvalue weighted by molar-refractivity contribution is 5.84. The van der Waals surface area contributed by atoms with E-state index in [1.807, 2.05) is 13.8 Å². The van der Waals surface area contributed by atoms with Crippen LogP contribution in [0.15, 0.2) is 0 Å². The third-order valence-electron chi connectivity index (χ3n) is 20.1. The van der Waals surface area contributed by atoms with Crippen LogP contribution in [0.3, 0.4) is 0 Å². The Hall–Kier alpha value is -1.71. The van der Waals surface area contributed by atoms with Crippen molar-refractivity contribution in [3.05, 3.63) is 0 Å². The molecule has 1 aliphatic heterocycles. The zero-order valence-corrected chi connectivity index (χ0v) is 39.3. The Bertz CT molecular complexity index is 1580. The van der Waals surface area contributed by atoms with E-state index in [4.69, 9.17) is 14.2 Å². The molecular weight excluding hydrogens is 741 g/mol. The number of carboxylic acid groups (broad SMARTS) is 1. The monoisotopic (exact) mass is 825 g/mol. The molecule has 2 N–H and O–H groups in total. The Balaban J connectivity index is 1.06. The summed E-state index contributed by atoms with van der Waals surface area (Å²) in [6, 6.07) is 0.